The molecule has 1 amide bonds. The Hall–Kier alpha value is -0.220. The van der Waals surface area contributed by atoms with E-state index in [0.29, 0.717) is 30.3 Å². The Morgan fingerprint density at radius 3 is 2.35 bits per heavy atom. The first-order chi connectivity index (χ1) is 7.95. The van der Waals surface area contributed by atoms with Gasteiger partial charge in [0, 0.05) is 38.1 Å². The van der Waals surface area contributed by atoms with Crippen LogP contribution in [0.25, 0.3) is 0 Å². The molecule has 17 heavy (non-hydrogen) atoms. The lowest BCUT2D eigenvalue weighted by atomic mass is 10.1. The third-order valence-corrected chi connectivity index (χ3v) is 4.02. The van der Waals surface area contributed by atoms with Crippen molar-refractivity contribution in [3.63, 3.8) is 0 Å². The third-order valence-electron chi connectivity index (χ3n) is 3.51. The molecule has 0 bridgehead atoms. The summed E-state index contributed by atoms with van der Waals surface area (Å²) >= 11 is 4.28. The quantitative estimate of drug-likeness (QED) is 0.736. The maximum atomic E-state index is 11.8. The van der Waals surface area contributed by atoms with Gasteiger partial charge in [0.05, 0.1) is 0 Å². The molecule has 3 nitrogen and oxygen atoms in total. The van der Waals surface area contributed by atoms with Crippen LogP contribution in [-0.4, -0.2) is 53.2 Å². The van der Waals surface area contributed by atoms with Crippen molar-refractivity contribution in [3.8, 4) is 0 Å². The predicted molar refractivity (Wildman–Crippen MR) is 75.5 cm³/mol. The molecule has 1 unspecified atom stereocenters. The lowest BCUT2D eigenvalue weighted by Crippen LogP contribution is -2.43. The summed E-state index contributed by atoms with van der Waals surface area (Å²) in [6.45, 7) is 11.6. The van der Waals surface area contributed by atoms with E-state index in [2.05, 4.69) is 45.2 Å². The lowest BCUT2D eigenvalue weighted by Gasteiger charge is -2.32. The van der Waals surface area contributed by atoms with Gasteiger partial charge in [-0.25, -0.2) is 0 Å². The fraction of sp³-hybridized carbons (Fsp3) is 0.923. The summed E-state index contributed by atoms with van der Waals surface area (Å²) < 4.78 is 0. The molecule has 1 atom stereocenters. The zero-order valence-electron chi connectivity index (χ0n) is 11.5. The van der Waals surface area contributed by atoms with Crippen LogP contribution >= 0.6 is 12.6 Å². The van der Waals surface area contributed by atoms with Crippen molar-refractivity contribution in [2.24, 2.45) is 5.92 Å². The number of hydrogen-bond acceptors (Lipinski definition) is 3. The van der Waals surface area contributed by atoms with Gasteiger partial charge in [-0.3, -0.25) is 9.69 Å². The van der Waals surface area contributed by atoms with Crippen LogP contribution < -0.4 is 0 Å². The highest BCUT2D eigenvalue weighted by atomic mass is 32.1. The Morgan fingerprint density at radius 1 is 1.35 bits per heavy atom. The molecule has 0 spiro atoms. The number of rotatable bonds is 6. The Morgan fingerprint density at radius 2 is 1.94 bits per heavy atom. The van der Waals surface area contributed by atoms with Crippen molar-refractivity contribution >= 4 is 18.5 Å². The van der Waals surface area contributed by atoms with Crippen molar-refractivity contribution in [1.82, 2.24) is 9.80 Å². The van der Waals surface area contributed by atoms with Crippen LogP contribution in [0.3, 0.4) is 0 Å². The van der Waals surface area contributed by atoms with Crippen LogP contribution in [-0.2, 0) is 4.79 Å². The van der Waals surface area contributed by atoms with Gasteiger partial charge in [0.25, 0.3) is 0 Å². The van der Waals surface area contributed by atoms with E-state index in [1.807, 2.05) is 4.90 Å². The number of amides is 1. The minimum atomic E-state index is 0.302. The standard InChI is InChI=1S/C13H26N2OS/c1-10(2)15(11(3)4)6-5-14-8-12(9-17)7-13(14)16/h10-12,17H,5-9H2,1-4H3. The van der Waals surface area contributed by atoms with Gasteiger partial charge in [0.1, 0.15) is 0 Å². The van der Waals surface area contributed by atoms with Gasteiger partial charge >= 0.3 is 0 Å². The summed E-state index contributed by atoms with van der Waals surface area (Å²) in [7, 11) is 0. The van der Waals surface area contributed by atoms with Crippen LogP contribution in [0.2, 0.25) is 0 Å². The second-order valence-corrected chi connectivity index (χ2v) is 5.88. The topological polar surface area (TPSA) is 23.6 Å². The molecule has 1 aliphatic heterocycles. The van der Waals surface area contributed by atoms with Gasteiger partial charge in [-0.05, 0) is 39.4 Å². The van der Waals surface area contributed by atoms with Crippen LogP contribution in [0.4, 0.5) is 0 Å². The summed E-state index contributed by atoms with van der Waals surface area (Å²) in [5.74, 6) is 1.58. The van der Waals surface area contributed by atoms with E-state index in [4.69, 9.17) is 0 Å². The van der Waals surface area contributed by atoms with Crippen molar-refractivity contribution < 1.29 is 4.79 Å². The number of carbonyl (C=O) groups is 1. The van der Waals surface area contributed by atoms with Crippen LogP contribution in [0.1, 0.15) is 34.1 Å². The molecule has 0 saturated carbocycles. The van der Waals surface area contributed by atoms with Crippen molar-refractivity contribution in [1.29, 1.82) is 0 Å². The zero-order valence-corrected chi connectivity index (χ0v) is 12.4. The summed E-state index contributed by atoms with van der Waals surface area (Å²) in [5, 5.41) is 0. The van der Waals surface area contributed by atoms with E-state index in [1.54, 1.807) is 0 Å². The van der Waals surface area contributed by atoms with Crippen LogP contribution in [0.15, 0.2) is 0 Å². The number of likely N-dealkylation sites (tertiary alicyclic amines) is 1. The maximum Gasteiger partial charge on any atom is 0.222 e. The monoisotopic (exact) mass is 258 g/mol. The number of hydrogen-bond donors (Lipinski definition) is 1. The molecule has 4 heteroatoms. The molecule has 0 aromatic heterocycles. The second-order valence-electron chi connectivity index (χ2n) is 5.52. The maximum absolute atomic E-state index is 11.8. The molecular weight excluding hydrogens is 232 g/mol. The van der Waals surface area contributed by atoms with E-state index in [9.17, 15) is 4.79 Å². The summed E-state index contributed by atoms with van der Waals surface area (Å²) in [4.78, 5) is 16.2. The molecule has 0 aliphatic carbocycles. The van der Waals surface area contributed by atoms with Gasteiger partial charge in [-0.15, -0.1) is 0 Å². The first-order valence-corrected chi connectivity index (χ1v) is 7.23. The second kappa shape index (κ2) is 6.64. The fourth-order valence-corrected chi connectivity index (χ4v) is 2.79. The highest BCUT2D eigenvalue weighted by Gasteiger charge is 2.28. The van der Waals surface area contributed by atoms with E-state index in [1.165, 1.54) is 0 Å². The van der Waals surface area contributed by atoms with Gasteiger partial charge < -0.3 is 4.90 Å². The van der Waals surface area contributed by atoms with Crippen molar-refractivity contribution in [3.05, 3.63) is 0 Å². The Balaban J connectivity index is 2.42. The summed E-state index contributed by atoms with van der Waals surface area (Å²) in [6.07, 6.45) is 0.687. The van der Waals surface area contributed by atoms with Gasteiger partial charge in [-0.1, -0.05) is 0 Å². The Kier molecular flexibility index (Phi) is 5.80. The molecule has 100 valence electrons. The first-order valence-electron chi connectivity index (χ1n) is 6.60. The molecule has 1 aliphatic rings. The average molecular weight is 258 g/mol. The van der Waals surface area contributed by atoms with E-state index in [-0.39, 0.29) is 0 Å². The summed E-state index contributed by atoms with van der Waals surface area (Å²) in [6, 6.07) is 1.07. The average Bonchev–Trinajstić information content (AvgIpc) is 2.59. The minimum absolute atomic E-state index is 0.302. The first kappa shape index (κ1) is 14.8. The van der Waals surface area contributed by atoms with Crippen molar-refractivity contribution in [2.75, 3.05) is 25.4 Å². The highest BCUT2D eigenvalue weighted by molar-refractivity contribution is 7.80. The largest absolute Gasteiger partial charge is 0.341 e. The predicted octanol–water partition coefficient (Wildman–Crippen LogP) is 1.88. The minimum Gasteiger partial charge on any atom is -0.341 e. The number of carbonyl (C=O) groups excluding carboxylic acids is 1. The van der Waals surface area contributed by atoms with Crippen LogP contribution in [0, 0.1) is 5.92 Å². The molecule has 0 N–H and O–H groups in total. The number of thiol groups is 1. The van der Waals surface area contributed by atoms with Gasteiger partial charge in [-0.2, -0.15) is 12.6 Å². The number of nitrogens with zero attached hydrogens (tertiary/aromatic N) is 2. The summed E-state index contributed by atoms with van der Waals surface area (Å²) in [5.41, 5.74) is 0. The highest BCUT2D eigenvalue weighted by Crippen LogP contribution is 2.18. The molecule has 0 radical (unpaired) electrons. The Labute approximate surface area is 111 Å². The molecule has 0 aromatic carbocycles. The third kappa shape index (κ3) is 4.18. The fourth-order valence-electron chi connectivity index (χ4n) is 2.54. The molecule has 1 saturated heterocycles. The SMILES string of the molecule is CC(C)N(CCN1CC(CS)CC1=O)C(C)C. The molecule has 1 heterocycles. The molecule has 1 rings (SSSR count). The van der Waals surface area contributed by atoms with Gasteiger partial charge in [0.15, 0.2) is 0 Å². The smallest absolute Gasteiger partial charge is 0.222 e. The van der Waals surface area contributed by atoms with Crippen molar-refractivity contribution in [2.45, 2.75) is 46.2 Å². The van der Waals surface area contributed by atoms with E-state index < -0.39 is 0 Å². The molecule has 1 fully saturated rings. The zero-order chi connectivity index (χ0) is 13.0. The van der Waals surface area contributed by atoms with Gasteiger partial charge in [0.2, 0.25) is 5.91 Å². The molecular formula is C13H26N2OS. The molecule has 0 aromatic rings. The Bertz CT molecular complexity index is 248. The lowest BCUT2D eigenvalue weighted by molar-refractivity contribution is -0.128. The van der Waals surface area contributed by atoms with E-state index in [0.717, 1.165) is 25.4 Å². The van der Waals surface area contributed by atoms with Crippen LogP contribution in [0.5, 0.6) is 0 Å². The normalized spacial score (nSPS) is 21.3. The van der Waals surface area contributed by atoms with E-state index >= 15 is 0 Å².